The second kappa shape index (κ2) is 9.21. The highest BCUT2D eigenvalue weighted by molar-refractivity contribution is 4.93. The van der Waals surface area contributed by atoms with Crippen LogP contribution < -0.4 is 0 Å². The van der Waals surface area contributed by atoms with Crippen LogP contribution in [0.4, 0.5) is 0 Å². The first-order chi connectivity index (χ1) is 12.2. The van der Waals surface area contributed by atoms with Crippen LogP contribution in [-0.4, -0.2) is 42.5 Å². The van der Waals surface area contributed by atoms with Crippen LogP contribution >= 0.6 is 0 Å². The van der Waals surface area contributed by atoms with Crippen molar-refractivity contribution in [3.63, 3.8) is 0 Å². The largest absolute Gasteiger partial charge is 0.347 e. The van der Waals surface area contributed by atoms with Gasteiger partial charge in [-0.15, -0.1) is 0 Å². The molecule has 1 saturated carbocycles. The third-order valence-electron chi connectivity index (χ3n) is 6.60. The van der Waals surface area contributed by atoms with Gasteiger partial charge in [0.15, 0.2) is 5.79 Å². The average molecular weight is 366 g/mol. The van der Waals surface area contributed by atoms with Crippen LogP contribution in [0.1, 0.15) is 86.5 Å². The van der Waals surface area contributed by atoms with Gasteiger partial charge in [-0.1, -0.05) is 39.3 Å². The second-order valence-corrected chi connectivity index (χ2v) is 9.78. The number of hydrogen-bond acceptors (Lipinski definition) is 3. The Bertz CT molecular complexity index is 449. The van der Waals surface area contributed by atoms with E-state index in [9.17, 15) is 0 Å². The lowest BCUT2D eigenvalue weighted by Crippen LogP contribution is -2.40. The van der Waals surface area contributed by atoms with Crippen LogP contribution in [0.3, 0.4) is 0 Å². The van der Waals surface area contributed by atoms with Gasteiger partial charge in [0, 0.05) is 32.0 Å². The van der Waals surface area contributed by atoms with Crippen molar-refractivity contribution in [1.29, 1.82) is 0 Å². The first kappa shape index (κ1) is 21.9. The Morgan fingerprint density at radius 2 is 1.92 bits per heavy atom. The molecule has 1 heterocycles. The van der Waals surface area contributed by atoms with Crippen molar-refractivity contribution in [2.24, 2.45) is 11.3 Å². The van der Waals surface area contributed by atoms with Gasteiger partial charge in [0.1, 0.15) is 0 Å². The standard InChI is InChI=1S/C23H43NO2/c1-8-12-22(6,7)20-9-13-23(14-10-20)25-17-21(26-23)11-15-24(19(4)5)16-18(2)3/h19-21H,2,8-17H2,1,3-7H3. The summed E-state index contributed by atoms with van der Waals surface area (Å²) in [6.07, 6.45) is 8.53. The van der Waals surface area contributed by atoms with Gasteiger partial charge in [-0.05, 0) is 57.8 Å². The lowest BCUT2D eigenvalue weighted by atomic mass is 9.68. The summed E-state index contributed by atoms with van der Waals surface area (Å²) in [4.78, 5) is 2.49. The number of ether oxygens (including phenoxy) is 2. The van der Waals surface area contributed by atoms with E-state index in [0.717, 1.165) is 44.9 Å². The molecule has 1 atom stereocenters. The lowest BCUT2D eigenvalue weighted by molar-refractivity contribution is -0.197. The van der Waals surface area contributed by atoms with Gasteiger partial charge in [0.25, 0.3) is 0 Å². The van der Waals surface area contributed by atoms with Gasteiger partial charge in [0.2, 0.25) is 0 Å². The van der Waals surface area contributed by atoms with Crippen LogP contribution in [0, 0.1) is 11.3 Å². The maximum Gasteiger partial charge on any atom is 0.168 e. The summed E-state index contributed by atoms with van der Waals surface area (Å²) < 4.78 is 12.7. The zero-order valence-corrected chi connectivity index (χ0v) is 18.3. The molecule has 0 radical (unpaired) electrons. The van der Waals surface area contributed by atoms with Crippen LogP contribution in [0.15, 0.2) is 12.2 Å². The fourth-order valence-electron chi connectivity index (χ4n) is 4.88. The molecule has 1 unspecified atom stereocenters. The average Bonchev–Trinajstić information content (AvgIpc) is 2.94. The van der Waals surface area contributed by atoms with E-state index in [2.05, 4.69) is 53.0 Å². The minimum Gasteiger partial charge on any atom is -0.347 e. The van der Waals surface area contributed by atoms with Gasteiger partial charge >= 0.3 is 0 Å². The molecule has 3 heteroatoms. The summed E-state index contributed by atoms with van der Waals surface area (Å²) in [5, 5.41) is 0. The van der Waals surface area contributed by atoms with E-state index in [1.54, 1.807) is 0 Å². The van der Waals surface area contributed by atoms with Crippen LogP contribution in [0.2, 0.25) is 0 Å². The number of hydrogen-bond donors (Lipinski definition) is 0. The Morgan fingerprint density at radius 1 is 1.27 bits per heavy atom. The van der Waals surface area contributed by atoms with E-state index in [-0.39, 0.29) is 11.9 Å². The molecule has 26 heavy (non-hydrogen) atoms. The smallest absolute Gasteiger partial charge is 0.168 e. The van der Waals surface area contributed by atoms with E-state index in [1.165, 1.54) is 31.3 Å². The summed E-state index contributed by atoms with van der Waals surface area (Å²) in [7, 11) is 0. The van der Waals surface area contributed by atoms with Crippen molar-refractivity contribution < 1.29 is 9.47 Å². The molecule has 0 aromatic carbocycles. The quantitative estimate of drug-likeness (QED) is 0.483. The molecule has 2 rings (SSSR count). The normalized spacial score (nSPS) is 29.8. The fraction of sp³-hybridized carbons (Fsp3) is 0.913. The lowest BCUT2D eigenvalue weighted by Gasteiger charge is -2.42. The molecular formula is C23H43NO2. The molecule has 0 amide bonds. The summed E-state index contributed by atoms with van der Waals surface area (Å²) in [6, 6.07) is 0.541. The maximum atomic E-state index is 6.47. The van der Waals surface area contributed by atoms with Gasteiger partial charge < -0.3 is 9.47 Å². The van der Waals surface area contributed by atoms with Crippen molar-refractivity contribution >= 4 is 0 Å². The van der Waals surface area contributed by atoms with E-state index < -0.39 is 0 Å². The van der Waals surface area contributed by atoms with E-state index >= 15 is 0 Å². The Kier molecular flexibility index (Phi) is 7.76. The molecule has 0 aromatic rings. The molecule has 1 aliphatic heterocycles. The minimum absolute atomic E-state index is 0.251. The van der Waals surface area contributed by atoms with Crippen LogP contribution in [-0.2, 0) is 9.47 Å². The zero-order valence-electron chi connectivity index (χ0n) is 18.3. The SMILES string of the molecule is C=C(C)CN(CCC1COC2(CCC(C(C)(C)CCC)CC2)O1)C(C)C. The molecular weight excluding hydrogens is 322 g/mol. The Morgan fingerprint density at radius 3 is 2.46 bits per heavy atom. The number of rotatable bonds is 9. The van der Waals surface area contributed by atoms with Crippen molar-refractivity contribution in [3.8, 4) is 0 Å². The Labute approximate surface area is 162 Å². The highest BCUT2D eigenvalue weighted by atomic mass is 16.7. The van der Waals surface area contributed by atoms with E-state index in [4.69, 9.17) is 9.47 Å². The molecule has 0 aromatic heterocycles. The monoisotopic (exact) mass is 365 g/mol. The van der Waals surface area contributed by atoms with Gasteiger partial charge in [-0.25, -0.2) is 0 Å². The third kappa shape index (κ3) is 5.81. The summed E-state index contributed by atoms with van der Waals surface area (Å²) in [5.41, 5.74) is 1.68. The van der Waals surface area contributed by atoms with Crippen LogP contribution in [0.5, 0.6) is 0 Å². The van der Waals surface area contributed by atoms with Crippen molar-refractivity contribution in [2.45, 2.75) is 104 Å². The van der Waals surface area contributed by atoms with Crippen molar-refractivity contribution in [3.05, 3.63) is 12.2 Å². The summed E-state index contributed by atoms with van der Waals surface area (Å²) in [6.45, 7) is 20.7. The fourth-order valence-corrected chi connectivity index (χ4v) is 4.88. The molecule has 1 spiro atoms. The summed E-state index contributed by atoms with van der Waals surface area (Å²) >= 11 is 0. The zero-order chi connectivity index (χ0) is 19.4. The van der Waals surface area contributed by atoms with Gasteiger partial charge in [0.05, 0.1) is 12.7 Å². The number of nitrogens with zero attached hydrogens (tertiary/aromatic N) is 1. The minimum atomic E-state index is -0.277. The van der Waals surface area contributed by atoms with E-state index in [0.29, 0.717) is 11.5 Å². The molecule has 3 nitrogen and oxygen atoms in total. The van der Waals surface area contributed by atoms with E-state index in [1.807, 2.05) is 0 Å². The Hall–Kier alpha value is -0.380. The van der Waals surface area contributed by atoms with Crippen LogP contribution in [0.25, 0.3) is 0 Å². The maximum absolute atomic E-state index is 6.47. The Balaban J connectivity index is 1.80. The predicted molar refractivity (Wildman–Crippen MR) is 110 cm³/mol. The van der Waals surface area contributed by atoms with Gasteiger partial charge in [-0.3, -0.25) is 4.90 Å². The first-order valence-electron chi connectivity index (χ1n) is 10.9. The second-order valence-electron chi connectivity index (χ2n) is 9.78. The summed E-state index contributed by atoms with van der Waals surface area (Å²) in [5.74, 6) is 0.534. The molecule has 2 fully saturated rings. The molecule has 1 saturated heterocycles. The molecule has 1 aliphatic carbocycles. The molecule has 0 bridgehead atoms. The topological polar surface area (TPSA) is 21.7 Å². The highest BCUT2D eigenvalue weighted by Gasteiger charge is 2.46. The van der Waals surface area contributed by atoms with Crippen molar-refractivity contribution in [2.75, 3.05) is 19.7 Å². The van der Waals surface area contributed by atoms with Crippen molar-refractivity contribution in [1.82, 2.24) is 4.90 Å². The molecule has 0 N–H and O–H groups in total. The first-order valence-corrected chi connectivity index (χ1v) is 10.9. The highest BCUT2D eigenvalue weighted by Crippen LogP contribution is 2.47. The molecule has 2 aliphatic rings. The molecule has 152 valence electrons. The van der Waals surface area contributed by atoms with Gasteiger partial charge in [-0.2, -0.15) is 0 Å². The predicted octanol–water partition coefficient (Wildman–Crippen LogP) is 5.79. The third-order valence-corrected chi connectivity index (χ3v) is 6.60.